The van der Waals surface area contributed by atoms with Gasteiger partial charge in [0.2, 0.25) is 0 Å². The van der Waals surface area contributed by atoms with Crippen LogP contribution in [-0.4, -0.2) is 34.6 Å². The van der Waals surface area contributed by atoms with Crippen molar-refractivity contribution in [2.75, 3.05) is 6.54 Å². The molecule has 0 spiro atoms. The summed E-state index contributed by atoms with van der Waals surface area (Å²) >= 11 is 0. The predicted octanol–water partition coefficient (Wildman–Crippen LogP) is 3.45. The average molecular weight is 265 g/mol. The molecule has 1 saturated heterocycles. The topological polar surface area (TPSA) is 40.5 Å². The largest absolute Gasteiger partial charge is 0.480 e. The highest BCUT2D eigenvalue weighted by Gasteiger charge is 2.35. The Morgan fingerprint density at radius 2 is 2.16 bits per heavy atom. The first kappa shape index (κ1) is 14.6. The molecule has 0 amide bonds. The second-order valence-electron chi connectivity index (χ2n) is 6.02. The molecule has 1 heterocycles. The van der Waals surface area contributed by atoms with E-state index < -0.39 is 5.97 Å². The van der Waals surface area contributed by atoms with Crippen LogP contribution in [-0.2, 0) is 4.79 Å². The van der Waals surface area contributed by atoms with Crippen molar-refractivity contribution in [1.29, 1.82) is 0 Å². The summed E-state index contributed by atoms with van der Waals surface area (Å²) in [6.07, 6.45) is 13.7. The molecule has 0 saturated carbocycles. The molecule has 3 unspecified atom stereocenters. The molecule has 3 atom stereocenters. The highest BCUT2D eigenvalue weighted by Crippen LogP contribution is 2.29. The van der Waals surface area contributed by atoms with Crippen molar-refractivity contribution in [3.8, 4) is 0 Å². The van der Waals surface area contributed by atoms with Crippen LogP contribution in [0.3, 0.4) is 0 Å². The number of rotatable bonds is 3. The zero-order chi connectivity index (χ0) is 13.7. The van der Waals surface area contributed by atoms with E-state index in [9.17, 15) is 9.90 Å². The molecule has 0 radical (unpaired) electrons. The van der Waals surface area contributed by atoms with Gasteiger partial charge in [-0.05, 0) is 44.6 Å². The van der Waals surface area contributed by atoms with Crippen LogP contribution in [0.1, 0.15) is 58.3 Å². The van der Waals surface area contributed by atoms with Crippen molar-refractivity contribution in [2.45, 2.75) is 70.4 Å². The number of carboxylic acid groups (broad SMARTS) is 1. The van der Waals surface area contributed by atoms with Gasteiger partial charge in [0.05, 0.1) is 0 Å². The smallest absolute Gasteiger partial charge is 0.320 e. The Balaban J connectivity index is 2.07. The van der Waals surface area contributed by atoms with E-state index >= 15 is 0 Å². The summed E-state index contributed by atoms with van der Waals surface area (Å²) in [7, 11) is 0. The third kappa shape index (κ3) is 3.82. The SMILES string of the molecule is CCC1CCN(C2/C=C/CCCCC2)C(C(=O)O)C1. The van der Waals surface area contributed by atoms with Gasteiger partial charge < -0.3 is 5.11 Å². The molecule has 0 bridgehead atoms. The lowest BCUT2D eigenvalue weighted by Gasteiger charge is -2.41. The number of piperidine rings is 1. The maximum Gasteiger partial charge on any atom is 0.320 e. The van der Waals surface area contributed by atoms with Crippen LogP contribution < -0.4 is 0 Å². The lowest BCUT2D eigenvalue weighted by atomic mass is 9.87. The molecule has 1 aliphatic heterocycles. The van der Waals surface area contributed by atoms with Gasteiger partial charge >= 0.3 is 5.97 Å². The fourth-order valence-corrected chi connectivity index (χ4v) is 3.49. The van der Waals surface area contributed by atoms with Gasteiger partial charge in [-0.3, -0.25) is 9.69 Å². The summed E-state index contributed by atoms with van der Waals surface area (Å²) < 4.78 is 0. The number of nitrogens with zero attached hydrogens (tertiary/aromatic N) is 1. The fourth-order valence-electron chi connectivity index (χ4n) is 3.49. The van der Waals surface area contributed by atoms with Crippen LogP contribution in [0.25, 0.3) is 0 Å². The van der Waals surface area contributed by atoms with Crippen molar-refractivity contribution in [3.63, 3.8) is 0 Å². The molecule has 19 heavy (non-hydrogen) atoms. The summed E-state index contributed by atoms with van der Waals surface area (Å²) in [6.45, 7) is 3.12. The molecule has 0 aromatic rings. The van der Waals surface area contributed by atoms with Gasteiger partial charge in [-0.25, -0.2) is 0 Å². The number of allylic oxidation sites excluding steroid dienone is 1. The zero-order valence-electron chi connectivity index (χ0n) is 12.1. The lowest BCUT2D eigenvalue weighted by Crippen LogP contribution is -2.51. The van der Waals surface area contributed by atoms with E-state index in [1.807, 2.05) is 0 Å². The first-order chi connectivity index (χ1) is 9.22. The Kier molecular flexibility index (Phi) is 5.44. The Hall–Kier alpha value is -0.830. The normalized spacial score (nSPS) is 35.3. The van der Waals surface area contributed by atoms with Gasteiger partial charge in [0.15, 0.2) is 0 Å². The summed E-state index contributed by atoms with van der Waals surface area (Å²) in [6, 6.07) is 0.0759. The number of likely N-dealkylation sites (tertiary alicyclic amines) is 1. The molecule has 2 rings (SSSR count). The molecular weight excluding hydrogens is 238 g/mol. The molecule has 1 fully saturated rings. The van der Waals surface area contributed by atoms with Crippen molar-refractivity contribution in [2.24, 2.45) is 5.92 Å². The monoisotopic (exact) mass is 265 g/mol. The van der Waals surface area contributed by atoms with Gasteiger partial charge in [-0.1, -0.05) is 38.3 Å². The Morgan fingerprint density at radius 1 is 1.32 bits per heavy atom. The number of hydrogen-bond acceptors (Lipinski definition) is 2. The van der Waals surface area contributed by atoms with Crippen LogP contribution in [0.15, 0.2) is 12.2 Å². The first-order valence-electron chi connectivity index (χ1n) is 7.87. The van der Waals surface area contributed by atoms with Crippen molar-refractivity contribution < 1.29 is 9.90 Å². The molecule has 108 valence electrons. The summed E-state index contributed by atoms with van der Waals surface area (Å²) in [5.41, 5.74) is 0. The van der Waals surface area contributed by atoms with E-state index in [1.54, 1.807) is 0 Å². The molecule has 0 aromatic carbocycles. The second-order valence-corrected chi connectivity index (χ2v) is 6.02. The standard InChI is InChI=1S/C16H27NO2/c1-2-13-10-11-17(15(12-13)16(18)19)14-8-6-4-3-5-7-9-14/h6,8,13-15H,2-5,7,9-12H2,1H3,(H,18,19)/b8-6+. The molecular formula is C16H27NO2. The van der Waals surface area contributed by atoms with Gasteiger partial charge in [0.1, 0.15) is 6.04 Å². The number of hydrogen-bond donors (Lipinski definition) is 1. The molecule has 2 aliphatic rings. The maximum atomic E-state index is 11.6. The Labute approximate surface area is 116 Å². The molecule has 0 aromatic heterocycles. The van der Waals surface area contributed by atoms with Crippen molar-refractivity contribution in [1.82, 2.24) is 4.90 Å². The van der Waals surface area contributed by atoms with Crippen LogP contribution in [0.5, 0.6) is 0 Å². The average Bonchev–Trinajstić information content (AvgIpc) is 2.38. The number of carbonyl (C=O) groups is 1. The van der Waals surface area contributed by atoms with E-state index in [0.717, 1.165) is 38.6 Å². The zero-order valence-corrected chi connectivity index (χ0v) is 12.1. The third-order valence-corrected chi connectivity index (χ3v) is 4.77. The first-order valence-corrected chi connectivity index (χ1v) is 7.87. The summed E-state index contributed by atoms with van der Waals surface area (Å²) in [5, 5.41) is 9.51. The quantitative estimate of drug-likeness (QED) is 0.795. The molecule has 3 heteroatoms. The van der Waals surface area contributed by atoms with E-state index in [-0.39, 0.29) is 6.04 Å². The van der Waals surface area contributed by atoms with Crippen LogP contribution in [0.4, 0.5) is 0 Å². The van der Waals surface area contributed by atoms with Crippen LogP contribution in [0, 0.1) is 5.92 Å². The van der Waals surface area contributed by atoms with E-state index in [0.29, 0.717) is 12.0 Å². The van der Waals surface area contributed by atoms with Crippen LogP contribution in [0.2, 0.25) is 0 Å². The Morgan fingerprint density at radius 3 is 2.89 bits per heavy atom. The fraction of sp³-hybridized carbons (Fsp3) is 0.812. The molecule has 1 N–H and O–H groups in total. The van der Waals surface area contributed by atoms with Crippen molar-refractivity contribution in [3.05, 3.63) is 12.2 Å². The number of carboxylic acids is 1. The third-order valence-electron chi connectivity index (χ3n) is 4.77. The van der Waals surface area contributed by atoms with E-state index in [2.05, 4.69) is 24.0 Å². The van der Waals surface area contributed by atoms with Crippen molar-refractivity contribution >= 4 is 5.97 Å². The highest BCUT2D eigenvalue weighted by molar-refractivity contribution is 5.73. The minimum Gasteiger partial charge on any atom is -0.480 e. The molecule has 1 aliphatic carbocycles. The lowest BCUT2D eigenvalue weighted by molar-refractivity contribution is -0.146. The minimum atomic E-state index is -0.631. The van der Waals surface area contributed by atoms with Gasteiger partial charge in [0.25, 0.3) is 0 Å². The maximum absolute atomic E-state index is 11.6. The highest BCUT2D eigenvalue weighted by atomic mass is 16.4. The summed E-state index contributed by atoms with van der Waals surface area (Å²) in [4.78, 5) is 13.8. The van der Waals surface area contributed by atoms with Gasteiger partial charge in [0, 0.05) is 6.04 Å². The second kappa shape index (κ2) is 7.09. The van der Waals surface area contributed by atoms with E-state index in [4.69, 9.17) is 0 Å². The van der Waals surface area contributed by atoms with Gasteiger partial charge in [-0.15, -0.1) is 0 Å². The van der Waals surface area contributed by atoms with Crippen LogP contribution >= 0.6 is 0 Å². The summed E-state index contributed by atoms with van der Waals surface area (Å²) in [5.74, 6) is -0.0384. The predicted molar refractivity (Wildman–Crippen MR) is 77.2 cm³/mol. The Bertz CT molecular complexity index is 327. The molecule has 3 nitrogen and oxygen atoms in total. The number of aliphatic carboxylic acids is 1. The van der Waals surface area contributed by atoms with Gasteiger partial charge in [-0.2, -0.15) is 0 Å². The van der Waals surface area contributed by atoms with E-state index in [1.165, 1.54) is 19.3 Å². The minimum absolute atomic E-state index is 0.271.